The summed E-state index contributed by atoms with van der Waals surface area (Å²) in [5, 5.41) is 3.46. The molecule has 2 saturated heterocycles. The molecule has 4 rings (SSSR count). The molecule has 2 heterocycles. The number of rotatable bonds is 2. The van der Waals surface area contributed by atoms with E-state index in [-0.39, 0.29) is 5.54 Å². The van der Waals surface area contributed by atoms with Gasteiger partial charge in [-0.15, -0.1) is 0 Å². The molecule has 1 atom stereocenters. The average Bonchev–Trinajstić information content (AvgIpc) is 3.01. The number of carbonyl (C=O) groups is 1. The Balaban J connectivity index is 1.43. The van der Waals surface area contributed by atoms with Crippen LogP contribution in [0.5, 0.6) is 0 Å². The molecule has 1 unspecified atom stereocenters. The second-order valence-corrected chi connectivity index (χ2v) is 7.85. The number of fused-ring (bicyclic) bond motifs is 1. The van der Waals surface area contributed by atoms with Crippen LogP contribution in [0.4, 0.5) is 0 Å². The first-order valence-corrected chi connectivity index (χ1v) is 9.45. The Morgan fingerprint density at radius 2 is 2.04 bits per heavy atom. The molecule has 0 bridgehead atoms. The smallest absolute Gasteiger partial charge is 0.223 e. The van der Waals surface area contributed by atoms with Crippen molar-refractivity contribution in [2.75, 3.05) is 39.8 Å². The lowest BCUT2D eigenvalue weighted by molar-refractivity contribution is -0.137. The summed E-state index contributed by atoms with van der Waals surface area (Å²) in [6, 6.07) is 8.67. The molecular formula is C20H29N3O. The lowest BCUT2D eigenvalue weighted by Gasteiger charge is -2.51. The number of aryl methyl sites for hydroxylation is 1. The zero-order valence-electron chi connectivity index (χ0n) is 14.8. The Labute approximate surface area is 145 Å². The normalized spacial score (nSPS) is 26.5. The monoisotopic (exact) mass is 327 g/mol. The first-order chi connectivity index (χ1) is 11.7. The minimum absolute atomic E-state index is 0.201. The van der Waals surface area contributed by atoms with E-state index in [4.69, 9.17) is 0 Å². The van der Waals surface area contributed by atoms with Crippen molar-refractivity contribution in [3.63, 3.8) is 0 Å². The number of likely N-dealkylation sites (N-methyl/N-ethyl adjacent to an activating group) is 1. The highest BCUT2D eigenvalue weighted by Crippen LogP contribution is 2.36. The van der Waals surface area contributed by atoms with E-state index in [1.165, 1.54) is 11.1 Å². The van der Waals surface area contributed by atoms with Crippen LogP contribution in [0.15, 0.2) is 24.3 Å². The summed E-state index contributed by atoms with van der Waals surface area (Å²) in [4.78, 5) is 17.6. The van der Waals surface area contributed by atoms with Gasteiger partial charge >= 0.3 is 0 Å². The summed E-state index contributed by atoms with van der Waals surface area (Å²) in [5.74, 6) is 0.792. The molecule has 3 aliphatic rings. The molecule has 1 aromatic carbocycles. The Kier molecular flexibility index (Phi) is 4.35. The van der Waals surface area contributed by atoms with E-state index in [1.807, 2.05) is 0 Å². The fraction of sp³-hybridized carbons (Fsp3) is 0.650. The Hall–Kier alpha value is -1.39. The maximum atomic E-state index is 13.0. The molecule has 1 amide bonds. The predicted molar refractivity (Wildman–Crippen MR) is 96.2 cm³/mol. The van der Waals surface area contributed by atoms with E-state index in [0.717, 1.165) is 58.4 Å². The molecule has 0 saturated carbocycles. The highest BCUT2D eigenvalue weighted by molar-refractivity contribution is 5.77. The Morgan fingerprint density at radius 1 is 1.25 bits per heavy atom. The number of piperidine rings is 1. The number of hydrogen-bond acceptors (Lipinski definition) is 3. The number of piperazine rings is 1. The highest BCUT2D eigenvalue weighted by Gasteiger charge is 2.42. The zero-order chi connectivity index (χ0) is 16.6. The SMILES string of the molecule is CN1CCN(C(=O)CC2CCc3ccccc32)CC12CCNCC2. The van der Waals surface area contributed by atoms with Gasteiger partial charge in [0.15, 0.2) is 0 Å². The number of carbonyl (C=O) groups excluding carboxylic acids is 1. The number of nitrogens with one attached hydrogen (secondary N) is 1. The molecule has 2 fully saturated rings. The number of amides is 1. The van der Waals surface area contributed by atoms with Crippen LogP contribution in [-0.2, 0) is 11.2 Å². The van der Waals surface area contributed by atoms with Crippen LogP contribution in [0.25, 0.3) is 0 Å². The fourth-order valence-electron chi connectivity index (χ4n) is 4.91. The maximum absolute atomic E-state index is 13.0. The third-order valence-electron chi connectivity index (χ3n) is 6.57. The molecular weight excluding hydrogens is 298 g/mol. The van der Waals surface area contributed by atoms with Gasteiger partial charge in [-0.1, -0.05) is 24.3 Å². The molecule has 2 aliphatic heterocycles. The summed E-state index contributed by atoms with van der Waals surface area (Å²) in [7, 11) is 2.24. The van der Waals surface area contributed by atoms with E-state index in [0.29, 0.717) is 18.2 Å². The van der Waals surface area contributed by atoms with Crippen molar-refractivity contribution in [1.82, 2.24) is 15.1 Å². The molecule has 1 aromatic rings. The van der Waals surface area contributed by atoms with Gasteiger partial charge in [0.2, 0.25) is 5.91 Å². The van der Waals surface area contributed by atoms with Crippen molar-refractivity contribution >= 4 is 5.91 Å². The molecule has 0 aromatic heterocycles. The quantitative estimate of drug-likeness (QED) is 0.902. The highest BCUT2D eigenvalue weighted by atomic mass is 16.2. The molecule has 1 N–H and O–H groups in total. The van der Waals surface area contributed by atoms with Crippen LogP contribution in [0.2, 0.25) is 0 Å². The third kappa shape index (κ3) is 2.86. The van der Waals surface area contributed by atoms with Gasteiger partial charge in [-0.25, -0.2) is 0 Å². The topological polar surface area (TPSA) is 35.6 Å². The van der Waals surface area contributed by atoms with E-state index in [9.17, 15) is 4.79 Å². The van der Waals surface area contributed by atoms with Gasteiger partial charge in [-0.2, -0.15) is 0 Å². The summed E-state index contributed by atoms with van der Waals surface area (Å²) in [6.45, 7) is 4.95. The van der Waals surface area contributed by atoms with Crippen LogP contribution in [0.1, 0.15) is 42.7 Å². The van der Waals surface area contributed by atoms with Crippen LogP contribution in [-0.4, -0.2) is 61.0 Å². The minimum Gasteiger partial charge on any atom is -0.340 e. The van der Waals surface area contributed by atoms with Crippen LogP contribution < -0.4 is 5.32 Å². The van der Waals surface area contributed by atoms with E-state index in [2.05, 4.69) is 46.4 Å². The molecule has 4 nitrogen and oxygen atoms in total. The third-order valence-corrected chi connectivity index (χ3v) is 6.57. The van der Waals surface area contributed by atoms with Gasteiger partial charge in [-0.05, 0) is 62.9 Å². The first-order valence-electron chi connectivity index (χ1n) is 9.45. The lowest BCUT2D eigenvalue weighted by atomic mass is 9.84. The van der Waals surface area contributed by atoms with Crippen LogP contribution in [0.3, 0.4) is 0 Å². The molecule has 4 heteroatoms. The van der Waals surface area contributed by atoms with Gasteiger partial charge in [0.25, 0.3) is 0 Å². The largest absolute Gasteiger partial charge is 0.340 e. The van der Waals surface area contributed by atoms with Gasteiger partial charge in [0.05, 0.1) is 0 Å². The van der Waals surface area contributed by atoms with Gasteiger partial charge in [0, 0.05) is 31.6 Å². The van der Waals surface area contributed by atoms with Gasteiger partial charge in [-0.3, -0.25) is 9.69 Å². The zero-order valence-corrected chi connectivity index (χ0v) is 14.8. The van der Waals surface area contributed by atoms with E-state index >= 15 is 0 Å². The number of nitrogens with zero attached hydrogens (tertiary/aromatic N) is 2. The minimum atomic E-state index is 0.201. The number of benzene rings is 1. The van der Waals surface area contributed by atoms with Crippen molar-refractivity contribution in [3.8, 4) is 0 Å². The lowest BCUT2D eigenvalue weighted by Crippen LogP contribution is -2.64. The summed E-state index contributed by atoms with van der Waals surface area (Å²) in [6.07, 6.45) is 5.26. The van der Waals surface area contributed by atoms with E-state index < -0.39 is 0 Å². The van der Waals surface area contributed by atoms with Crippen molar-refractivity contribution < 1.29 is 4.79 Å². The molecule has 0 radical (unpaired) electrons. The molecule has 1 aliphatic carbocycles. The molecule has 24 heavy (non-hydrogen) atoms. The van der Waals surface area contributed by atoms with Crippen molar-refractivity contribution in [2.24, 2.45) is 0 Å². The predicted octanol–water partition coefficient (Wildman–Crippen LogP) is 2.00. The van der Waals surface area contributed by atoms with Crippen molar-refractivity contribution in [1.29, 1.82) is 0 Å². The van der Waals surface area contributed by atoms with Crippen LogP contribution in [0, 0.1) is 0 Å². The molecule has 1 spiro atoms. The maximum Gasteiger partial charge on any atom is 0.223 e. The van der Waals surface area contributed by atoms with Crippen molar-refractivity contribution in [3.05, 3.63) is 35.4 Å². The van der Waals surface area contributed by atoms with Crippen LogP contribution >= 0.6 is 0 Å². The average molecular weight is 327 g/mol. The van der Waals surface area contributed by atoms with Gasteiger partial charge in [0.1, 0.15) is 0 Å². The summed E-state index contributed by atoms with van der Waals surface area (Å²) < 4.78 is 0. The fourth-order valence-corrected chi connectivity index (χ4v) is 4.91. The molecule has 130 valence electrons. The second kappa shape index (κ2) is 6.49. The van der Waals surface area contributed by atoms with Crippen molar-refractivity contribution in [2.45, 2.75) is 43.6 Å². The number of hydrogen-bond donors (Lipinski definition) is 1. The Morgan fingerprint density at radius 3 is 2.88 bits per heavy atom. The van der Waals surface area contributed by atoms with E-state index in [1.54, 1.807) is 0 Å². The standard InChI is InChI=1S/C20H29N3O/c1-22-12-13-23(15-20(22)8-10-21-11-9-20)19(24)14-17-7-6-16-4-2-3-5-18(16)17/h2-5,17,21H,6-15H2,1H3. The summed E-state index contributed by atoms with van der Waals surface area (Å²) >= 11 is 0. The Bertz CT molecular complexity index is 609. The summed E-state index contributed by atoms with van der Waals surface area (Å²) in [5.41, 5.74) is 3.06. The first kappa shape index (κ1) is 16.1. The van der Waals surface area contributed by atoms with Gasteiger partial charge < -0.3 is 10.2 Å². The second-order valence-electron chi connectivity index (χ2n) is 7.85.